The van der Waals surface area contributed by atoms with Gasteiger partial charge in [0.2, 0.25) is 0 Å². The second kappa shape index (κ2) is 21.0. The molecule has 3 aromatic carbocycles. The number of aliphatic imine (C=N–C) groups is 1. The number of hydrogen-bond acceptors (Lipinski definition) is 2. The Hall–Kier alpha value is -3.75. The highest BCUT2D eigenvalue weighted by molar-refractivity contribution is 6.04. The van der Waals surface area contributed by atoms with E-state index < -0.39 is 0 Å². The predicted octanol–water partition coefficient (Wildman–Crippen LogP) is 12.4. The van der Waals surface area contributed by atoms with E-state index in [9.17, 15) is 5.11 Å². The molecule has 0 spiro atoms. The molecule has 2 nitrogen and oxygen atoms in total. The van der Waals surface area contributed by atoms with Crippen LogP contribution in [0.25, 0.3) is 22.4 Å². The van der Waals surface area contributed by atoms with E-state index >= 15 is 0 Å². The van der Waals surface area contributed by atoms with Crippen molar-refractivity contribution in [2.24, 2.45) is 10.9 Å². The second-order valence-corrected chi connectivity index (χ2v) is 11.5. The maximum atomic E-state index is 9.58. The molecule has 236 valence electrons. The molecule has 0 bridgehead atoms. The number of benzene rings is 3. The van der Waals surface area contributed by atoms with Crippen molar-refractivity contribution < 1.29 is 5.11 Å². The van der Waals surface area contributed by atoms with E-state index in [4.69, 9.17) is 4.99 Å². The van der Waals surface area contributed by atoms with Crippen molar-refractivity contribution in [3.8, 4) is 11.1 Å². The normalized spacial score (nSPS) is 11.8. The van der Waals surface area contributed by atoms with E-state index in [2.05, 4.69) is 83.3 Å². The van der Waals surface area contributed by atoms with Crippen molar-refractivity contribution in [1.82, 2.24) is 0 Å². The van der Waals surface area contributed by atoms with E-state index in [0.29, 0.717) is 5.70 Å². The fourth-order valence-electron chi connectivity index (χ4n) is 4.60. The minimum Gasteiger partial charge on any atom is -0.392 e. The van der Waals surface area contributed by atoms with Gasteiger partial charge in [-0.15, -0.1) is 0 Å². The predicted molar refractivity (Wildman–Crippen MR) is 198 cm³/mol. The molecular weight excluding hydrogens is 534 g/mol. The van der Waals surface area contributed by atoms with Crippen LogP contribution in [0.3, 0.4) is 0 Å². The van der Waals surface area contributed by atoms with Crippen LogP contribution in [0.1, 0.15) is 103 Å². The highest BCUT2D eigenvalue weighted by Crippen LogP contribution is 2.25. The number of hydrogen-bond donors (Lipinski definition) is 1. The van der Waals surface area contributed by atoms with Crippen LogP contribution in [0.4, 0.5) is 0 Å². The molecule has 44 heavy (non-hydrogen) atoms. The molecule has 0 radical (unpaired) electrons. The summed E-state index contributed by atoms with van der Waals surface area (Å²) in [6, 6.07) is 24.8. The molecule has 0 aromatic heterocycles. The highest BCUT2D eigenvalue weighted by Gasteiger charge is 2.07. The first-order chi connectivity index (χ1) is 21.1. The number of allylic oxidation sites excluding steroid dienone is 5. The largest absolute Gasteiger partial charge is 0.392 e. The van der Waals surface area contributed by atoms with Gasteiger partial charge in [0, 0.05) is 11.3 Å². The summed E-state index contributed by atoms with van der Waals surface area (Å²) in [5.74, 6) is 0.904. The molecular formula is C42H57NO. The smallest absolute Gasteiger partial charge is 0.0684 e. The lowest BCUT2D eigenvalue weighted by molar-refractivity contribution is 0.281. The average molecular weight is 592 g/mol. The van der Waals surface area contributed by atoms with Crippen LogP contribution in [0.5, 0.6) is 0 Å². The van der Waals surface area contributed by atoms with Crippen LogP contribution in [0.2, 0.25) is 0 Å². The van der Waals surface area contributed by atoms with Gasteiger partial charge in [0.15, 0.2) is 0 Å². The summed E-state index contributed by atoms with van der Waals surface area (Å²) < 4.78 is 0. The fraction of sp³-hybridized carbons (Fsp3) is 0.357. The van der Waals surface area contributed by atoms with E-state index in [0.717, 1.165) is 56.2 Å². The Morgan fingerprint density at radius 3 is 2.07 bits per heavy atom. The molecule has 0 aliphatic rings. The van der Waals surface area contributed by atoms with Gasteiger partial charge in [-0.3, -0.25) is 4.99 Å². The van der Waals surface area contributed by atoms with Gasteiger partial charge in [-0.25, -0.2) is 0 Å². The van der Waals surface area contributed by atoms with Crippen molar-refractivity contribution >= 4 is 17.0 Å². The lowest BCUT2D eigenvalue weighted by Crippen LogP contribution is -1.99. The Morgan fingerprint density at radius 1 is 0.818 bits per heavy atom. The molecule has 3 aromatic rings. The van der Waals surface area contributed by atoms with Gasteiger partial charge in [-0.2, -0.15) is 0 Å². The van der Waals surface area contributed by atoms with Gasteiger partial charge in [-0.05, 0) is 90.3 Å². The number of aliphatic hydroxyl groups excluding tert-OH is 1. The number of aliphatic hydroxyl groups is 1. The monoisotopic (exact) mass is 591 g/mol. The average Bonchev–Trinajstić information content (AvgIpc) is 3.03. The molecule has 0 saturated heterocycles. The van der Waals surface area contributed by atoms with Crippen molar-refractivity contribution in [2.45, 2.75) is 94.6 Å². The van der Waals surface area contributed by atoms with E-state index in [1.54, 1.807) is 0 Å². The second-order valence-electron chi connectivity index (χ2n) is 11.5. The fourth-order valence-corrected chi connectivity index (χ4v) is 4.60. The quantitative estimate of drug-likeness (QED) is 0.127. The Labute approximate surface area is 269 Å². The molecule has 1 N–H and O–H groups in total. The van der Waals surface area contributed by atoms with Crippen LogP contribution in [-0.2, 0) is 6.61 Å². The van der Waals surface area contributed by atoms with Gasteiger partial charge >= 0.3 is 0 Å². The third kappa shape index (κ3) is 13.3. The standard InChI is InChI=1S/C32H33NO.C8H18.C2H6/c1-22(2)32(18-16-23(3)28-17-15-24(4)31(19-28)21-34)26(6)33-25(5)29-13-10-14-30(20-29)27-11-8-7-9-12-27;1-4-5-6-7-8(2)3;1-2/h7-20,34H,1,5,21H2,2-4,6H3;8H,4-7H2,1-3H3;1-2H3/b23-16+,32-18+,33-26?;;. The summed E-state index contributed by atoms with van der Waals surface area (Å²) in [5, 5.41) is 9.58. The third-order valence-electron chi connectivity index (χ3n) is 7.32. The number of nitrogens with zero attached hydrogens (tertiary/aromatic N) is 1. The first kappa shape index (κ1) is 38.3. The molecule has 0 saturated carbocycles. The summed E-state index contributed by atoms with van der Waals surface area (Å²) in [7, 11) is 0. The molecule has 0 amide bonds. The van der Waals surface area contributed by atoms with Crippen LogP contribution < -0.4 is 0 Å². The Morgan fingerprint density at radius 2 is 1.48 bits per heavy atom. The number of rotatable bonds is 12. The zero-order valence-electron chi connectivity index (χ0n) is 29.0. The lowest BCUT2D eigenvalue weighted by atomic mass is 9.99. The summed E-state index contributed by atoms with van der Waals surface area (Å²) in [6.45, 7) is 27.3. The molecule has 2 heteroatoms. The van der Waals surface area contributed by atoms with Crippen molar-refractivity contribution in [3.63, 3.8) is 0 Å². The minimum atomic E-state index is 0.0408. The van der Waals surface area contributed by atoms with Crippen molar-refractivity contribution in [2.75, 3.05) is 0 Å². The van der Waals surface area contributed by atoms with Crippen LogP contribution in [0, 0.1) is 12.8 Å². The third-order valence-corrected chi connectivity index (χ3v) is 7.32. The van der Waals surface area contributed by atoms with Gasteiger partial charge in [0.25, 0.3) is 0 Å². The van der Waals surface area contributed by atoms with Gasteiger partial charge < -0.3 is 5.11 Å². The lowest BCUT2D eigenvalue weighted by Gasteiger charge is -2.10. The van der Waals surface area contributed by atoms with Gasteiger partial charge in [-0.1, -0.05) is 146 Å². The van der Waals surface area contributed by atoms with Crippen molar-refractivity contribution in [3.05, 3.63) is 132 Å². The Kier molecular flexibility index (Phi) is 18.3. The molecule has 0 aliphatic heterocycles. The van der Waals surface area contributed by atoms with Crippen molar-refractivity contribution in [1.29, 1.82) is 0 Å². The molecule has 0 fully saturated rings. The summed E-state index contributed by atoms with van der Waals surface area (Å²) >= 11 is 0. The van der Waals surface area contributed by atoms with E-state index in [-0.39, 0.29) is 6.61 Å². The molecule has 0 unspecified atom stereocenters. The van der Waals surface area contributed by atoms with Crippen LogP contribution in [0.15, 0.2) is 114 Å². The number of unbranched alkanes of at least 4 members (excludes halogenated alkanes) is 2. The Balaban J connectivity index is 0.000000840. The topological polar surface area (TPSA) is 32.6 Å². The number of aryl methyl sites for hydroxylation is 1. The zero-order chi connectivity index (χ0) is 33.1. The molecule has 3 rings (SSSR count). The summed E-state index contributed by atoms with van der Waals surface area (Å²) in [6.07, 6.45) is 9.74. The van der Waals surface area contributed by atoms with Crippen LogP contribution in [-0.4, -0.2) is 10.8 Å². The maximum absolute atomic E-state index is 9.58. The molecule has 0 heterocycles. The SMILES string of the molecule is C=C(C)/C(=C\C=C(/C)c1ccc(C)c(CO)c1)C(C)=NC(=C)c1cccc(-c2ccccc2)c1.CC.CCCCCC(C)C. The highest BCUT2D eigenvalue weighted by atomic mass is 16.3. The van der Waals surface area contributed by atoms with E-state index in [1.165, 1.54) is 31.2 Å². The van der Waals surface area contributed by atoms with Gasteiger partial charge in [0.1, 0.15) is 0 Å². The molecule has 0 atom stereocenters. The first-order valence-electron chi connectivity index (χ1n) is 16.2. The zero-order valence-corrected chi connectivity index (χ0v) is 29.0. The summed E-state index contributed by atoms with van der Waals surface area (Å²) in [5.41, 5.74) is 11.0. The first-order valence-corrected chi connectivity index (χ1v) is 16.2. The Bertz CT molecular complexity index is 1400. The van der Waals surface area contributed by atoms with E-state index in [1.807, 2.05) is 77.1 Å². The molecule has 0 aliphatic carbocycles. The minimum absolute atomic E-state index is 0.0408. The maximum Gasteiger partial charge on any atom is 0.0684 e. The van der Waals surface area contributed by atoms with Gasteiger partial charge in [0.05, 0.1) is 12.3 Å². The summed E-state index contributed by atoms with van der Waals surface area (Å²) in [4.78, 5) is 4.82. The van der Waals surface area contributed by atoms with Crippen LogP contribution >= 0.6 is 0 Å².